The molecule has 2 aliphatic rings. The molecule has 0 unspecified atom stereocenters. The van der Waals surface area contributed by atoms with Gasteiger partial charge >= 0.3 is 5.69 Å². The number of hydrogen-bond donors (Lipinski definition) is 1. The normalized spacial score (nSPS) is 27.3. The molecule has 3 heterocycles. The van der Waals surface area contributed by atoms with E-state index in [1.54, 1.807) is 25.3 Å². The highest BCUT2D eigenvalue weighted by Gasteiger charge is 2.59. The van der Waals surface area contributed by atoms with E-state index < -0.39 is 23.6 Å². The minimum atomic E-state index is -0.853. The highest BCUT2D eigenvalue weighted by Crippen LogP contribution is 2.46. The summed E-state index contributed by atoms with van der Waals surface area (Å²) in [5.41, 5.74) is 0.304. The fraction of sp³-hybridized carbons (Fsp3) is 0.522. The summed E-state index contributed by atoms with van der Waals surface area (Å²) in [5, 5.41) is 4.31. The molecule has 1 N–H and O–H groups in total. The van der Waals surface area contributed by atoms with Crippen LogP contribution in [0.4, 0.5) is 5.82 Å². The van der Waals surface area contributed by atoms with E-state index in [-0.39, 0.29) is 24.2 Å². The molecule has 4 atom stereocenters. The average Bonchev–Trinajstić information content (AvgIpc) is 2.97. The van der Waals surface area contributed by atoms with Gasteiger partial charge in [0.05, 0.1) is 32.3 Å². The summed E-state index contributed by atoms with van der Waals surface area (Å²) in [4.78, 5) is 34.4. The predicted molar refractivity (Wildman–Crippen MR) is 119 cm³/mol. The number of amides is 1. The first-order valence-corrected chi connectivity index (χ1v) is 10.9. The summed E-state index contributed by atoms with van der Waals surface area (Å²) in [6.45, 7) is 4.50. The largest absolute Gasteiger partial charge is 0.382 e. The summed E-state index contributed by atoms with van der Waals surface area (Å²) in [6, 6.07) is 9.89. The van der Waals surface area contributed by atoms with E-state index in [0.717, 1.165) is 5.56 Å². The lowest BCUT2D eigenvalue weighted by molar-refractivity contribution is -0.223. The third-order valence-electron chi connectivity index (χ3n) is 5.97. The highest BCUT2D eigenvalue weighted by molar-refractivity contribution is 5.88. The SMILES string of the molecule is COC[C@@]12CN(C)OC[C@@H]([C@H](n3cc(C)c(NC(C)=O)nc3=O)O1)[C@@H]2OCc1ccccc1. The Bertz CT molecular complexity index is 1040. The van der Waals surface area contributed by atoms with Crippen LogP contribution < -0.4 is 11.0 Å². The topological polar surface area (TPSA) is 104 Å². The minimum Gasteiger partial charge on any atom is -0.382 e. The summed E-state index contributed by atoms with van der Waals surface area (Å²) in [7, 11) is 3.45. The summed E-state index contributed by atoms with van der Waals surface area (Å²) < 4.78 is 20.0. The number of nitrogens with zero attached hydrogens (tertiary/aromatic N) is 3. The first kappa shape index (κ1) is 23.5. The number of nitrogens with one attached hydrogen (secondary N) is 1. The fourth-order valence-electron chi connectivity index (χ4n) is 4.61. The van der Waals surface area contributed by atoms with Crippen molar-refractivity contribution in [1.82, 2.24) is 14.6 Å². The number of hydrogen-bond acceptors (Lipinski definition) is 8. The summed E-state index contributed by atoms with van der Waals surface area (Å²) in [6.07, 6.45) is 0.593. The second kappa shape index (κ2) is 9.70. The number of carbonyl (C=O) groups is 1. The molecule has 178 valence electrons. The lowest BCUT2D eigenvalue weighted by Gasteiger charge is -2.35. The molecule has 1 aromatic heterocycles. The zero-order valence-electron chi connectivity index (χ0n) is 19.3. The van der Waals surface area contributed by atoms with Crippen molar-refractivity contribution >= 4 is 11.7 Å². The molecule has 2 fully saturated rings. The molecule has 1 amide bonds. The number of carbonyl (C=O) groups excluding carboxylic acids is 1. The maximum absolute atomic E-state index is 12.9. The van der Waals surface area contributed by atoms with Gasteiger partial charge in [0.1, 0.15) is 23.8 Å². The lowest BCUT2D eigenvalue weighted by Crippen LogP contribution is -2.52. The van der Waals surface area contributed by atoms with E-state index in [1.165, 1.54) is 11.5 Å². The number of fused-ring (bicyclic) bond motifs is 2. The van der Waals surface area contributed by atoms with Crippen molar-refractivity contribution in [2.75, 3.05) is 39.2 Å². The van der Waals surface area contributed by atoms with Crippen LogP contribution in [0.5, 0.6) is 0 Å². The smallest absolute Gasteiger partial charge is 0.351 e. The summed E-state index contributed by atoms with van der Waals surface area (Å²) in [5.74, 6) is -0.349. The van der Waals surface area contributed by atoms with Crippen LogP contribution in [-0.2, 0) is 30.4 Å². The monoisotopic (exact) mass is 458 g/mol. The zero-order valence-corrected chi connectivity index (χ0v) is 19.3. The van der Waals surface area contributed by atoms with Crippen molar-refractivity contribution in [3.63, 3.8) is 0 Å². The molecule has 0 spiro atoms. The Labute approximate surface area is 192 Å². The Kier molecular flexibility index (Phi) is 6.91. The second-order valence-corrected chi connectivity index (χ2v) is 8.61. The number of aryl methyl sites for hydroxylation is 1. The van der Waals surface area contributed by atoms with Crippen molar-refractivity contribution in [3.8, 4) is 0 Å². The van der Waals surface area contributed by atoms with Gasteiger partial charge in [0, 0.05) is 32.8 Å². The maximum atomic E-state index is 12.9. The number of hydroxylamine groups is 2. The number of ether oxygens (including phenoxy) is 3. The van der Waals surface area contributed by atoms with E-state index >= 15 is 0 Å². The first-order chi connectivity index (χ1) is 15.8. The molecule has 0 aliphatic carbocycles. The van der Waals surface area contributed by atoms with Crippen molar-refractivity contribution in [2.24, 2.45) is 5.92 Å². The lowest BCUT2D eigenvalue weighted by atomic mass is 9.90. The van der Waals surface area contributed by atoms with Gasteiger partial charge in [-0.05, 0) is 12.5 Å². The molecule has 0 saturated carbocycles. The van der Waals surface area contributed by atoms with Crippen LogP contribution in [-0.4, -0.2) is 66.1 Å². The third-order valence-corrected chi connectivity index (χ3v) is 5.97. The van der Waals surface area contributed by atoms with E-state index in [2.05, 4.69) is 10.3 Å². The van der Waals surface area contributed by atoms with Gasteiger partial charge in [-0.2, -0.15) is 10.0 Å². The van der Waals surface area contributed by atoms with Gasteiger partial charge in [0.2, 0.25) is 5.91 Å². The highest BCUT2D eigenvalue weighted by atomic mass is 16.7. The first-order valence-electron chi connectivity index (χ1n) is 10.9. The van der Waals surface area contributed by atoms with Crippen molar-refractivity contribution < 1.29 is 23.8 Å². The molecule has 2 bridgehead atoms. The van der Waals surface area contributed by atoms with Crippen LogP contribution in [0.2, 0.25) is 0 Å². The second-order valence-electron chi connectivity index (χ2n) is 8.61. The number of anilines is 1. The molecule has 2 aromatic rings. The summed E-state index contributed by atoms with van der Waals surface area (Å²) >= 11 is 0. The molecular weight excluding hydrogens is 428 g/mol. The number of likely N-dealkylation sites (N-methyl/N-ethyl adjacent to an activating group) is 1. The van der Waals surface area contributed by atoms with Crippen LogP contribution in [0.3, 0.4) is 0 Å². The van der Waals surface area contributed by atoms with E-state index in [9.17, 15) is 9.59 Å². The van der Waals surface area contributed by atoms with Crippen LogP contribution in [0.15, 0.2) is 41.3 Å². The zero-order chi connectivity index (χ0) is 23.6. The molecule has 0 radical (unpaired) electrons. The Hall–Kier alpha value is -2.63. The molecular formula is C23H30N4O6. The van der Waals surface area contributed by atoms with Gasteiger partial charge in [-0.15, -0.1) is 0 Å². The molecule has 2 saturated heterocycles. The van der Waals surface area contributed by atoms with E-state index in [0.29, 0.717) is 25.3 Å². The minimum absolute atomic E-state index is 0.237. The van der Waals surface area contributed by atoms with Gasteiger partial charge in [-0.3, -0.25) is 14.2 Å². The van der Waals surface area contributed by atoms with Crippen LogP contribution in [0.1, 0.15) is 24.3 Å². The van der Waals surface area contributed by atoms with Gasteiger partial charge < -0.3 is 19.5 Å². The maximum Gasteiger partial charge on any atom is 0.351 e. The Morgan fingerprint density at radius 3 is 2.79 bits per heavy atom. The molecule has 4 rings (SSSR count). The van der Waals surface area contributed by atoms with Crippen molar-refractivity contribution in [2.45, 2.75) is 38.4 Å². The number of benzene rings is 1. The quantitative estimate of drug-likeness (QED) is 0.666. The van der Waals surface area contributed by atoms with Crippen LogP contribution in [0, 0.1) is 12.8 Å². The molecule has 1 aromatic carbocycles. The predicted octanol–water partition coefficient (Wildman–Crippen LogP) is 1.50. The molecule has 10 heteroatoms. The fourth-order valence-corrected chi connectivity index (χ4v) is 4.61. The van der Waals surface area contributed by atoms with E-state index in [4.69, 9.17) is 19.0 Å². The number of methoxy groups -OCH3 is 1. The Balaban J connectivity index is 1.70. The van der Waals surface area contributed by atoms with Crippen LogP contribution in [0.25, 0.3) is 0 Å². The third kappa shape index (κ3) is 4.85. The molecule has 2 aliphatic heterocycles. The van der Waals surface area contributed by atoms with Crippen LogP contribution >= 0.6 is 0 Å². The van der Waals surface area contributed by atoms with Crippen molar-refractivity contribution in [1.29, 1.82) is 0 Å². The number of rotatable bonds is 7. The average molecular weight is 459 g/mol. The van der Waals surface area contributed by atoms with Gasteiger partial charge in [-0.1, -0.05) is 30.3 Å². The Morgan fingerprint density at radius 1 is 1.33 bits per heavy atom. The number of aromatic nitrogens is 2. The molecule has 10 nitrogen and oxygen atoms in total. The molecule has 33 heavy (non-hydrogen) atoms. The van der Waals surface area contributed by atoms with Gasteiger partial charge in [0.25, 0.3) is 0 Å². The van der Waals surface area contributed by atoms with Gasteiger partial charge in [0.15, 0.2) is 0 Å². The van der Waals surface area contributed by atoms with Gasteiger partial charge in [-0.25, -0.2) is 4.79 Å². The van der Waals surface area contributed by atoms with Crippen molar-refractivity contribution in [3.05, 3.63) is 58.1 Å². The Morgan fingerprint density at radius 2 is 2.09 bits per heavy atom. The standard InChI is InChI=1S/C23H30N4O6/c1-15-10-27(22(29)25-20(15)24-16(2)28)21-18-12-32-26(3)13-23(33-21,14-30-4)19(18)31-11-17-8-6-5-7-9-17/h5-10,18-19,21H,11-14H2,1-4H3,(H,24,25,28,29)/t18-,19+,21-,23-/m1/s1. The van der Waals surface area contributed by atoms with E-state index in [1.807, 2.05) is 37.4 Å².